The number of rotatable bonds is 5. The Morgan fingerprint density at radius 2 is 2.15 bits per heavy atom. The predicted molar refractivity (Wildman–Crippen MR) is 106 cm³/mol. The van der Waals surface area contributed by atoms with Crippen LogP contribution in [-0.4, -0.2) is 19.6 Å². The second kappa shape index (κ2) is 7.44. The molecule has 0 spiro atoms. The number of phenolic OH excluding ortho intramolecular Hbond substituents is 1. The van der Waals surface area contributed by atoms with Crippen molar-refractivity contribution in [1.82, 2.24) is 14.5 Å². The van der Waals surface area contributed by atoms with Crippen molar-refractivity contribution < 1.29 is 5.11 Å². The summed E-state index contributed by atoms with van der Waals surface area (Å²) in [4.78, 5) is 19.8. The Kier molecular flexibility index (Phi) is 5.07. The summed E-state index contributed by atoms with van der Waals surface area (Å²) in [6, 6.07) is 7.12. The van der Waals surface area contributed by atoms with Crippen molar-refractivity contribution in [2.75, 3.05) is 0 Å². The maximum absolute atomic E-state index is 12.6. The van der Waals surface area contributed by atoms with Crippen LogP contribution in [0.5, 0.6) is 5.75 Å². The number of aromatic amines is 1. The van der Waals surface area contributed by atoms with Gasteiger partial charge in [-0.05, 0) is 38.0 Å². The van der Waals surface area contributed by atoms with Gasteiger partial charge in [-0.1, -0.05) is 37.3 Å². The van der Waals surface area contributed by atoms with Gasteiger partial charge in [-0.3, -0.25) is 4.79 Å². The first-order chi connectivity index (χ1) is 12.6. The molecule has 0 unspecified atom stereocenters. The zero-order valence-electron chi connectivity index (χ0n) is 15.3. The highest BCUT2D eigenvalue weighted by Crippen LogP contribution is 2.37. The number of nitrogens with one attached hydrogen (secondary N) is 1. The van der Waals surface area contributed by atoms with Crippen LogP contribution in [0.25, 0.3) is 27.9 Å². The number of aromatic hydroxyl groups is 1. The second-order valence-corrected chi connectivity index (χ2v) is 6.10. The van der Waals surface area contributed by atoms with Crippen LogP contribution in [0.3, 0.4) is 0 Å². The highest BCUT2D eigenvalue weighted by Gasteiger charge is 2.23. The van der Waals surface area contributed by atoms with Gasteiger partial charge in [-0.2, -0.15) is 0 Å². The van der Waals surface area contributed by atoms with Crippen LogP contribution in [0.1, 0.15) is 32.8 Å². The number of allylic oxidation sites excluding steroid dienone is 4. The summed E-state index contributed by atoms with van der Waals surface area (Å²) in [5.74, 6) is 0.191. The van der Waals surface area contributed by atoms with E-state index in [4.69, 9.17) is 0 Å². The van der Waals surface area contributed by atoms with Crippen LogP contribution in [0.15, 0.2) is 53.6 Å². The molecule has 0 saturated heterocycles. The van der Waals surface area contributed by atoms with Gasteiger partial charge in [0, 0.05) is 17.7 Å². The number of hydrogen-bond acceptors (Lipinski definition) is 3. The van der Waals surface area contributed by atoms with Gasteiger partial charge in [0.05, 0.1) is 12.0 Å². The summed E-state index contributed by atoms with van der Waals surface area (Å²) >= 11 is 0. The fourth-order valence-corrected chi connectivity index (χ4v) is 3.36. The predicted octanol–water partition coefficient (Wildman–Crippen LogP) is 4.49. The SMILES string of the molecule is C/C=C\C(=C/C)c1c(-c2cccc(O)c2)n(CCC)c2c(=O)[nH]cnc12. The Bertz CT molecular complexity index is 1050. The summed E-state index contributed by atoms with van der Waals surface area (Å²) in [6.45, 7) is 6.69. The average Bonchev–Trinajstić information content (AvgIpc) is 2.95. The standard InChI is InChI=1S/C21H23N3O2/c1-4-8-14(6-3)17-18-20(21(26)23-13-22-18)24(11-5-2)19(17)15-9-7-10-16(25)12-15/h4,6-10,12-13,25H,5,11H2,1-3H3,(H,22,23,26)/b8-4-,14-6+. The molecule has 0 amide bonds. The summed E-state index contributed by atoms with van der Waals surface area (Å²) < 4.78 is 2.01. The maximum atomic E-state index is 12.6. The molecule has 134 valence electrons. The van der Waals surface area contributed by atoms with Crippen molar-refractivity contribution in [2.45, 2.75) is 33.7 Å². The molecule has 3 aromatic rings. The van der Waals surface area contributed by atoms with E-state index < -0.39 is 0 Å². The molecule has 3 rings (SSSR count). The molecule has 1 aromatic carbocycles. The first-order valence-electron chi connectivity index (χ1n) is 8.81. The van der Waals surface area contributed by atoms with Crippen molar-refractivity contribution >= 4 is 16.6 Å². The Balaban J connectivity index is 2.52. The van der Waals surface area contributed by atoms with Crippen LogP contribution in [0.2, 0.25) is 0 Å². The number of aryl methyl sites for hydroxylation is 1. The van der Waals surface area contributed by atoms with Crippen molar-refractivity contribution in [1.29, 1.82) is 0 Å². The van der Waals surface area contributed by atoms with Crippen LogP contribution in [-0.2, 0) is 6.54 Å². The number of H-pyrrole nitrogens is 1. The van der Waals surface area contributed by atoms with Gasteiger partial charge in [0.1, 0.15) is 16.8 Å². The minimum absolute atomic E-state index is 0.160. The van der Waals surface area contributed by atoms with E-state index in [0.717, 1.165) is 28.8 Å². The zero-order valence-corrected chi connectivity index (χ0v) is 15.3. The molecule has 26 heavy (non-hydrogen) atoms. The van der Waals surface area contributed by atoms with Crippen LogP contribution < -0.4 is 5.56 Å². The van der Waals surface area contributed by atoms with E-state index in [9.17, 15) is 9.90 Å². The normalized spacial score (nSPS) is 12.3. The van der Waals surface area contributed by atoms with E-state index in [2.05, 4.69) is 16.9 Å². The molecule has 2 N–H and O–H groups in total. The number of hydrogen-bond donors (Lipinski definition) is 2. The fourth-order valence-electron chi connectivity index (χ4n) is 3.36. The molecular formula is C21H23N3O2. The molecule has 2 aromatic heterocycles. The van der Waals surface area contributed by atoms with Crippen molar-refractivity contribution in [3.05, 3.63) is 64.7 Å². The lowest BCUT2D eigenvalue weighted by Crippen LogP contribution is -2.11. The summed E-state index contributed by atoms with van der Waals surface area (Å²) in [5.41, 5.74) is 4.72. The fraction of sp³-hybridized carbons (Fsp3) is 0.238. The lowest BCUT2D eigenvalue weighted by atomic mass is 9.99. The first-order valence-corrected chi connectivity index (χ1v) is 8.81. The smallest absolute Gasteiger partial charge is 0.275 e. The Labute approximate surface area is 152 Å². The van der Waals surface area contributed by atoms with Gasteiger partial charge in [0.2, 0.25) is 0 Å². The van der Waals surface area contributed by atoms with Crippen LogP contribution >= 0.6 is 0 Å². The molecule has 0 aliphatic carbocycles. The minimum Gasteiger partial charge on any atom is -0.508 e. The largest absolute Gasteiger partial charge is 0.508 e. The zero-order chi connectivity index (χ0) is 18.7. The van der Waals surface area contributed by atoms with Crippen LogP contribution in [0, 0.1) is 0 Å². The first kappa shape index (κ1) is 17.7. The molecule has 0 aliphatic heterocycles. The van der Waals surface area contributed by atoms with E-state index in [1.54, 1.807) is 12.1 Å². The lowest BCUT2D eigenvalue weighted by molar-refractivity contribution is 0.475. The van der Waals surface area contributed by atoms with Gasteiger partial charge in [-0.25, -0.2) is 4.98 Å². The maximum Gasteiger partial charge on any atom is 0.275 e. The quantitative estimate of drug-likeness (QED) is 0.667. The number of nitrogens with zero attached hydrogens (tertiary/aromatic N) is 2. The van der Waals surface area contributed by atoms with Gasteiger partial charge in [0.15, 0.2) is 0 Å². The average molecular weight is 349 g/mol. The molecule has 0 bridgehead atoms. The van der Waals surface area contributed by atoms with Gasteiger partial charge < -0.3 is 14.7 Å². The van der Waals surface area contributed by atoms with Gasteiger partial charge in [0.25, 0.3) is 5.56 Å². The highest BCUT2D eigenvalue weighted by molar-refractivity contribution is 6.00. The molecule has 0 saturated carbocycles. The van der Waals surface area contributed by atoms with E-state index >= 15 is 0 Å². The van der Waals surface area contributed by atoms with E-state index in [-0.39, 0.29) is 11.3 Å². The van der Waals surface area contributed by atoms with Crippen molar-refractivity contribution in [2.24, 2.45) is 0 Å². The number of fused-ring (bicyclic) bond motifs is 1. The van der Waals surface area contributed by atoms with E-state index in [0.29, 0.717) is 17.6 Å². The molecule has 0 atom stereocenters. The third-order valence-corrected chi connectivity index (χ3v) is 4.35. The minimum atomic E-state index is -0.160. The summed E-state index contributed by atoms with van der Waals surface area (Å²) in [7, 11) is 0. The molecule has 5 heteroatoms. The van der Waals surface area contributed by atoms with Gasteiger partial charge >= 0.3 is 0 Å². The monoisotopic (exact) mass is 349 g/mol. The highest BCUT2D eigenvalue weighted by atomic mass is 16.3. The summed E-state index contributed by atoms with van der Waals surface area (Å²) in [6.07, 6.45) is 8.32. The molecule has 0 aliphatic rings. The van der Waals surface area contributed by atoms with Crippen molar-refractivity contribution in [3.8, 4) is 17.0 Å². The molecule has 0 fully saturated rings. The molecule has 0 radical (unpaired) electrons. The molecule has 2 heterocycles. The Morgan fingerprint density at radius 1 is 1.35 bits per heavy atom. The van der Waals surface area contributed by atoms with Gasteiger partial charge in [-0.15, -0.1) is 0 Å². The Morgan fingerprint density at radius 3 is 2.81 bits per heavy atom. The molecular weight excluding hydrogens is 326 g/mol. The third kappa shape index (κ3) is 2.96. The number of aromatic nitrogens is 3. The second-order valence-electron chi connectivity index (χ2n) is 6.10. The number of benzene rings is 1. The third-order valence-electron chi connectivity index (χ3n) is 4.35. The summed E-state index contributed by atoms with van der Waals surface area (Å²) in [5, 5.41) is 9.99. The molecule has 5 nitrogen and oxygen atoms in total. The topological polar surface area (TPSA) is 70.9 Å². The van der Waals surface area contributed by atoms with E-state index in [1.165, 1.54) is 6.33 Å². The lowest BCUT2D eigenvalue weighted by Gasteiger charge is -2.12. The Hall–Kier alpha value is -3.08. The van der Waals surface area contributed by atoms with Crippen molar-refractivity contribution in [3.63, 3.8) is 0 Å². The van der Waals surface area contributed by atoms with Crippen LogP contribution in [0.4, 0.5) is 0 Å². The number of phenols is 1. The van der Waals surface area contributed by atoms with E-state index in [1.807, 2.05) is 48.8 Å².